The number of aliphatic hydroxyl groups is 1. The predicted octanol–water partition coefficient (Wildman–Crippen LogP) is 2.18. The van der Waals surface area contributed by atoms with Crippen LogP contribution in [0, 0.1) is 0 Å². The SMILES string of the molecule is O=C(NCC(O)c1ccsc1)Nc1ccc(-n2ccnn2)cc1. The molecule has 1 atom stereocenters. The fourth-order valence-corrected chi connectivity index (χ4v) is 2.70. The highest BCUT2D eigenvalue weighted by atomic mass is 32.1. The first-order valence-electron chi connectivity index (χ1n) is 6.94. The summed E-state index contributed by atoms with van der Waals surface area (Å²) in [7, 11) is 0. The Hall–Kier alpha value is -2.71. The number of benzene rings is 1. The molecule has 23 heavy (non-hydrogen) atoms. The van der Waals surface area contributed by atoms with E-state index in [0.717, 1.165) is 11.3 Å². The second-order valence-electron chi connectivity index (χ2n) is 4.80. The van der Waals surface area contributed by atoms with Gasteiger partial charge in [-0.1, -0.05) is 5.21 Å². The van der Waals surface area contributed by atoms with Crippen LogP contribution < -0.4 is 10.6 Å². The molecule has 1 aromatic carbocycles. The zero-order valence-electron chi connectivity index (χ0n) is 12.1. The summed E-state index contributed by atoms with van der Waals surface area (Å²) in [6.07, 6.45) is 2.63. The number of nitrogens with one attached hydrogen (secondary N) is 2. The smallest absolute Gasteiger partial charge is 0.319 e. The Balaban J connectivity index is 1.51. The van der Waals surface area contributed by atoms with E-state index in [1.54, 1.807) is 29.2 Å². The van der Waals surface area contributed by atoms with E-state index >= 15 is 0 Å². The summed E-state index contributed by atoms with van der Waals surface area (Å²) >= 11 is 1.51. The molecule has 0 spiro atoms. The van der Waals surface area contributed by atoms with Gasteiger partial charge in [0, 0.05) is 12.2 Å². The van der Waals surface area contributed by atoms with Gasteiger partial charge < -0.3 is 15.7 Å². The second-order valence-corrected chi connectivity index (χ2v) is 5.58. The van der Waals surface area contributed by atoms with Gasteiger partial charge in [0.1, 0.15) is 0 Å². The van der Waals surface area contributed by atoms with Gasteiger partial charge in [-0.2, -0.15) is 11.3 Å². The molecule has 3 rings (SSSR count). The van der Waals surface area contributed by atoms with Crippen molar-refractivity contribution in [2.75, 3.05) is 11.9 Å². The Labute approximate surface area is 136 Å². The first-order valence-corrected chi connectivity index (χ1v) is 7.88. The first kappa shape index (κ1) is 15.2. The van der Waals surface area contributed by atoms with Crippen LogP contribution in [0.5, 0.6) is 0 Å². The molecule has 8 heteroatoms. The summed E-state index contributed by atoms with van der Waals surface area (Å²) in [5.74, 6) is 0. The largest absolute Gasteiger partial charge is 0.387 e. The zero-order chi connectivity index (χ0) is 16.1. The van der Waals surface area contributed by atoms with E-state index in [4.69, 9.17) is 0 Å². The van der Waals surface area contributed by atoms with Gasteiger partial charge >= 0.3 is 6.03 Å². The van der Waals surface area contributed by atoms with Crippen LogP contribution >= 0.6 is 11.3 Å². The Bertz CT molecular complexity index is 741. The summed E-state index contributed by atoms with van der Waals surface area (Å²) < 4.78 is 1.63. The lowest BCUT2D eigenvalue weighted by atomic mass is 10.2. The van der Waals surface area contributed by atoms with E-state index in [9.17, 15) is 9.90 Å². The molecule has 3 aromatic rings. The molecule has 2 heterocycles. The average molecular weight is 329 g/mol. The lowest BCUT2D eigenvalue weighted by molar-refractivity contribution is 0.175. The molecule has 0 saturated carbocycles. The van der Waals surface area contributed by atoms with Crippen molar-refractivity contribution in [3.63, 3.8) is 0 Å². The molecule has 7 nitrogen and oxygen atoms in total. The summed E-state index contributed by atoms with van der Waals surface area (Å²) in [6.45, 7) is 0.152. The first-order chi connectivity index (χ1) is 11.2. The van der Waals surface area contributed by atoms with Crippen LogP contribution in [-0.2, 0) is 0 Å². The van der Waals surface area contributed by atoms with E-state index in [1.807, 2.05) is 29.0 Å². The standard InChI is InChI=1S/C15H15N5O2S/c21-14(11-5-8-23-10-11)9-16-15(22)18-12-1-3-13(4-2-12)20-7-6-17-19-20/h1-8,10,14,21H,9H2,(H2,16,18,22). The van der Waals surface area contributed by atoms with Crippen LogP contribution in [-0.4, -0.2) is 32.7 Å². The monoisotopic (exact) mass is 329 g/mol. The number of thiophene rings is 1. The van der Waals surface area contributed by atoms with Gasteiger partial charge in [0.05, 0.1) is 24.2 Å². The number of aliphatic hydroxyl groups excluding tert-OH is 1. The van der Waals surface area contributed by atoms with Crippen LogP contribution in [0.1, 0.15) is 11.7 Å². The van der Waals surface area contributed by atoms with Gasteiger partial charge in [-0.15, -0.1) is 5.10 Å². The van der Waals surface area contributed by atoms with Crippen molar-refractivity contribution in [1.82, 2.24) is 20.3 Å². The minimum absolute atomic E-state index is 0.152. The minimum Gasteiger partial charge on any atom is -0.387 e. The summed E-state index contributed by atoms with van der Waals surface area (Å²) in [6, 6.07) is 8.65. The molecular weight excluding hydrogens is 314 g/mol. The maximum atomic E-state index is 11.8. The molecule has 2 amide bonds. The van der Waals surface area contributed by atoms with Crippen LogP contribution in [0.4, 0.5) is 10.5 Å². The third-order valence-corrected chi connectivity index (χ3v) is 3.90. The Morgan fingerprint density at radius 3 is 2.78 bits per heavy atom. The number of urea groups is 1. The number of aromatic nitrogens is 3. The van der Waals surface area contributed by atoms with Gasteiger partial charge in [0.25, 0.3) is 0 Å². The van der Waals surface area contributed by atoms with Gasteiger partial charge in [-0.05, 0) is 46.7 Å². The highest BCUT2D eigenvalue weighted by molar-refractivity contribution is 7.07. The molecule has 1 unspecified atom stereocenters. The highest BCUT2D eigenvalue weighted by Gasteiger charge is 2.09. The lowest BCUT2D eigenvalue weighted by Crippen LogP contribution is -2.32. The molecular formula is C15H15N5O2S. The number of anilines is 1. The molecule has 2 aromatic heterocycles. The molecule has 3 N–H and O–H groups in total. The predicted molar refractivity (Wildman–Crippen MR) is 87.7 cm³/mol. The fourth-order valence-electron chi connectivity index (χ4n) is 1.99. The van der Waals surface area contributed by atoms with Crippen molar-refractivity contribution >= 4 is 23.1 Å². The van der Waals surface area contributed by atoms with Gasteiger partial charge in [-0.3, -0.25) is 0 Å². The van der Waals surface area contributed by atoms with Crippen LogP contribution in [0.25, 0.3) is 5.69 Å². The van der Waals surface area contributed by atoms with Crippen molar-refractivity contribution in [2.24, 2.45) is 0 Å². The maximum absolute atomic E-state index is 11.8. The summed E-state index contributed by atoms with van der Waals surface area (Å²) in [5.41, 5.74) is 2.30. The normalized spacial score (nSPS) is 11.9. The van der Waals surface area contributed by atoms with Gasteiger partial charge in [-0.25, -0.2) is 9.48 Å². The number of carbonyl (C=O) groups excluding carboxylic acids is 1. The van der Waals surface area contributed by atoms with Crippen molar-refractivity contribution in [2.45, 2.75) is 6.10 Å². The van der Waals surface area contributed by atoms with Crippen molar-refractivity contribution in [3.05, 3.63) is 59.0 Å². The maximum Gasteiger partial charge on any atom is 0.319 e. The second kappa shape index (κ2) is 7.03. The lowest BCUT2D eigenvalue weighted by Gasteiger charge is -2.12. The van der Waals surface area contributed by atoms with E-state index in [0.29, 0.717) is 5.69 Å². The molecule has 0 aliphatic rings. The van der Waals surface area contributed by atoms with Gasteiger partial charge in [0.15, 0.2) is 0 Å². The third-order valence-electron chi connectivity index (χ3n) is 3.20. The number of nitrogens with zero attached hydrogens (tertiary/aromatic N) is 3. The average Bonchev–Trinajstić information content (AvgIpc) is 3.26. The fraction of sp³-hybridized carbons (Fsp3) is 0.133. The van der Waals surface area contributed by atoms with Crippen LogP contribution in [0.2, 0.25) is 0 Å². The van der Waals surface area contributed by atoms with Crippen molar-refractivity contribution in [3.8, 4) is 5.69 Å². The van der Waals surface area contributed by atoms with Crippen LogP contribution in [0.15, 0.2) is 53.5 Å². The molecule has 0 aliphatic heterocycles. The molecule has 0 fully saturated rings. The summed E-state index contributed by atoms with van der Waals surface area (Å²) in [4.78, 5) is 11.8. The number of rotatable bonds is 5. The Morgan fingerprint density at radius 1 is 1.30 bits per heavy atom. The zero-order valence-corrected chi connectivity index (χ0v) is 12.9. The third kappa shape index (κ3) is 3.93. The molecule has 0 radical (unpaired) electrons. The van der Waals surface area contributed by atoms with E-state index in [2.05, 4.69) is 20.9 Å². The van der Waals surface area contributed by atoms with Gasteiger partial charge in [0.2, 0.25) is 0 Å². The van der Waals surface area contributed by atoms with Crippen LogP contribution in [0.3, 0.4) is 0 Å². The van der Waals surface area contributed by atoms with Crippen molar-refractivity contribution < 1.29 is 9.90 Å². The molecule has 118 valence electrons. The number of hydrogen-bond acceptors (Lipinski definition) is 5. The summed E-state index contributed by atoms with van der Waals surface area (Å²) in [5, 5.41) is 26.6. The van der Waals surface area contributed by atoms with E-state index in [-0.39, 0.29) is 12.6 Å². The Kier molecular flexibility index (Phi) is 4.65. The number of hydrogen-bond donors (Lipinski definition) is 3. The number of carbonyl (C=O) groups is 1. The molecule has 0 saturated heterocycles. The van der Waals surface area contributed by atoms with E-state index in [1.165, 1.54) is 11.3 Å². The number of amides is 2. The topological polar surface area (TPSA) is 92.1 Å². The highest BCUT2D eigenvalue weighted by Crippen LogP contribution is 2.15. The van der Waals surface area contributed by atoms with Crippen molar-refractivity contribution in [1.29, 1.82) is 0 Å². The molecule has 0 bridgehead atoms. The Morgan fingerprint density at radius 2 is 2.13 bits per heavy atom. The van der Waals surface area contributed by atoms with E-state index < -0.39 is 6.10 Å². The quantitative estimate of drug-likeness (QED) is 0.669. The molecule has 0 aliphatic carbocycles. The minimum atomic E-state index is -0.707.